The van der Waals surface area contributed by atoms with Crippen LogP contribution in [0.25, 0.3) is 11.0 Å². The quantitative estimate of drug-likeness (QED) is 0.721. The number of halogens is 1. The van der Waals surface area contributed by atoms with Gasteiger partial charge < -0.3 is 9.84 Å². The molecule has 0 saturated carbocycles. The van der Waals surface area contributed by atoms with Crippen molar-refractivity contribution in [2.24, 2.45) is 0 Å². The molecule has 0 aliphatic carbocycles. The zero-order valence-corrected chi connectivity index (χ0v) is 13.7. The molecule has 3 nitrogen and oxygen atoms in total. The summed E-state index contributed by atoms with van der Waals surface area (Å²) < 4.78 is 5.43. The van der Waals surface area contributed by atoms with Gasteiger partial charge >= 0.3 is 0 Å². The summed E-state index contributed by atoms with van der Waals surface area (Å²) in [5.74, 6) is 0.702. The number of fused-ring (bicyclic) bond motifs is 1. The van der Waals surface area contributed by atoms with E-state index < -0.39 is 0 Å². The summed E-state index contributed by atoms with van der Waals surface area (Å²) in [5.41, 5.74) is 3.02. The lowest BCUT2D eigenvalue weighted by Gasteiger charge is -2.25. The normalized spacial score (nSPS) is 11.8. The van der Waals surface area contributed by atoms with Crippen LogP contribution < -0.4 is 5.32 Å². The van der Waals surface area contributed by atoms with Gasteiger partial charge in [-0.1, -0.05) is 67.0 Å². The standard InChI is InChI=1S/C18H19ClN2O/c1-12-9-10-14(19)15-16(12)22-21-17(15)20-11-18(2,3)13-7-5-4-6-8-13/h4-10H,11H2,1-3H3,(H,20,21). The van der Waals surface area contributed by atoms with Crippen LogP contribution in [0.3, 0.4) is 0 Å². The third-order valence-electron chi connectivity index (χ3n) is 4.02. The Bertz CT molecular complexity index is 793. The van der Waals surface area contributed by atoms with Gasteiger partial charge in [0.05, 0.1) is 10.4 Å². The first kappa shape index (κ1) is 14.9. The maximum atomic E-state index is 6.30. The molecule has 0 amide bonds. The molecule has 0 fully saturated rings. The lowest BCUT2D eigenvalue weighted by atomic mass is 9.84. The van der Waals surface area contributed by atoms with Gasteiger partial charge in [-0.25, -0.2) is 0 Å². The van der Waals surface area contributed by atoms with Crippen LogP contribution in [0.4, 0.5) is 5.82 Å². The Labute approximate surface area is 135 Å². The van der Waals surface area contributed by atoms with Gasteiger partial charge in [0, 0.05) is 12.0 Å². The molecular formula is C18H19ClN2O. The van der Waals surface area contributed by atoms with E-state index in [0.29, 0.717) is 10.8 Å². The van der Waals surface area contributed by atoms with Crippen LogP contribution >= 0.6 is 11.6 Å². The predicted octanol–water partition coefficient (Wildman–Crippen LogP) is 5.18. The van der Waals surface area contributed by atoms with E-state index in [4.69, 9.17) is 16.1 Å². The highest BCUT2D eigenvalue weighted by atomic mass is 35.5. The van der Waals surface area contributed by atoms with E-state index in [2.05, 4.69) is 48.6 Å². The van der Waals surface area contributed by atoms with Gasteiger partial charge in [-0.05, 0) is 24.1 Å². The van der Waals surface area contributed by atoms with Crippen molar-refractivity contribution in [3.05, 3.63) is 58.6 Å². The summed E-state index contributed by atoms with van der Waals surface area (Å²) in [5, 5.41) is 9.04. The average Bonchev–Trinajstić information content (AvgIpc) is 2.95. The molecule has 0 aliphatic heterocycles. The number of hydrogen-bond donors (Lipinski definition) is 1. The molecule has 22 heavy (non-hydrogen) atoms. The molecule has 0 aliphatic rings. The molecule has 0 bridgehead atoms. The van der Waals surface area contributed by atoms with E-state index in [1.807, 2.05) is 25.1 Å². The predicted molar refractivity (Wildman–Crippen MR) is 91.7 cm³/mol. The number of aryl methyl sites for hydroxylation is 1. The van der Waals surface area contributed by atoms with Crippen molar-refractivity contribution < 1.29 is 4.52 Å². The smallest absolute Gasteiger partial charge is 0.178 e. The Morgan fingerprint density at radius 1 is 1.14 bits per heavy atom. The van der Waals surface area contributed by atoms with Crippen molar-refractivity contribution in [1.29, 1.82) is 0 Å². The fourth-order valence-electron chi connectivity index (χ4n) is 2.55. The number of nitrogens with one attached hydrogen (secondary N) is 1. The van der Waals surface area contributed by atoms with Gasteiger partial charge in [0.2, 0.25) is 0 Å². The zero-order chi connectivity index (χ0) is 15.7. The summed E-state index contributed by atoms with van der Waals surface area (Å²) in [6, 6.07) is 14.2. The van der Waals surface area contributed by atoms with Crippen molar-refractivity contribution in [3.63, 3.8) is 0 Å². The van der Waals surface area contributed by atoms with Crippen molar-refractivity contribution in [1.82, 2.24) is 5.16 Å². The molecule has 0 saturated heterocycles. The number of aromatic nitrogens is 1. The van der Waals surface area contributed by atoms with Gasteiger partial charge in [-0.3, -0.25) is 0 Å². The first-order chi connectivity index (χ1) is 10.5. The van der Waals surface area contributed by atoms with Crippen LogP contribution in [-0.2, 0) is 5.41 Å². The molecule has 1 N–H and O–H groups in total. The minimum absolute atomic E-state index is 0.0250. The molecule has 1 heterocycles. The SMILES string of the molecule is Cc1ccc(Cl)c2c(NCC(C)(C)c3ccccc3)noc12. The monoisotopic (exact) mass is 314 g/mol. The molecule has 0 radical (unpaired) electrons. The van der Waals surface area contributed by atoms with E-state index >= 15 is 0 Å². The molecule has 0 atom stereocenters. The number of hydrogen-bond acceptors (Lipinski definition) is 3. The molecule has 0 spiro atoms. The molecule has 0 unspecified atom stereocenters. The van der Waals surface area contributed by atoms with Crippen molar-refractivity contribution in [2.45, 2.75) is 26.2 Å². The second-order valence-electron chi connectivity index (χ2n) is 6.20. The summed E-state index contributed by atoms with van der Waals surface area (Å²) >= 11 is 6.30. The average molecular weight is 315 g/mol. The van der Waals surface area contributed by atoms with E-state index in [1.165, 1.54) is 5.56 Å². The van der Waals surface area contributed by atoms with Crippen molar-refractivity contribution >= 4 is 28.4 Å². The Balaban J connectivity index is 1.87. The second kappa shape index (κ2) is 5.65. The van der Waals surface area contributed by atoms with Gasteiger partial charge in [0.1, 0.15) is 0 Å². The maximum Gasteiger partial charge on any atom is 0.178 e. The highest BCUT2D eigenvalue weighted by Crippen LogP contribution is 2.33. The minimum Gasteiger partial charge on any atom is -0.366 e. The van der Waals surface area contributed by atoms with Gasteiger partial charge in [0.25, 0.3) is 0 Å². The van der Waals surface area contributed by atoms with Crippen molar-refractivity contribution in [2.75, 3.05) is 11.9 Å². The van der Waals surface area contributed by atoms with E-state index in [0.717, 1.165) is 23.1 Å². The molecular weight excluding hydrogens is 296 g/mol. The lowest BCUT2D eigenvalue weighted by molar-refractivity contribution is 0.456. The molecule has 2 aromatic carbocycles. The summed E-state index contributed by atoms with van der Waals surface area (Å²) in [4.78, 5) is 0. The summed E-state index contributed by atoms with van der Waals surface area (Å²) in [6.07, 6.45) is 0. The molecule has 1 aromatic heterocycles. The third kappa shape index (κ3) is 2.69. The Morgan fingerprint density at radius 2 is 1.86 bits per heavy atom. The number of nitrogens with zero attached hydrogens (tertiary/aromatic N) is 1. The number of anilines is 1. The highest BCUT2D eigenvalue weighted by Gasteiger charge is 2.22. The number of benzene rings is 2. The van der Waals surface area contributed by atoms with Crippen LogP contribution in [0.1, 0.15) is 25.0 Å². The van der Waals surface area contributed by atoms with Crippen LogP contribution in [0.15, 0.2) is 47.0 Å². The third-order valence-corrected chi connectivity index (χ3v) is 4.34. The molecule has 114 valence electrons. The van der Waals surface area contributed by atoms with Gasteiger partial charge in [-0.15, -0.1) is 0 Å². The van der Waals surface area contributed by atoms with Crippen LogP contribution in [0.5, 0.6) is 0 Å². The van der Waals surface area contributed by atoms with Crippen LogP contribution in [-0.4, -0.2) is 11.7 Å². The second-order valence-corrected chi connectivity index (χ2v) is 6.61. The minimum atomic E-state index is -0.0250. The summed E-state index contributed by atoms with van der Waals surface area (Å²) in [7, 11) is 0. The van der Waals surface area contributed by atoms with Gasteiger partial charge in [0.15, 0.2) is 11.4 Å². The zero-order valence-electron chi connectivity index (χ0n) is 13.0. The Kier molecular flexibility index (Phi) is 3.83. The Hall–Kier alpha value is -2.00. The maximum absolute atomic E-state index is 6.30. The fraction of sp³-hybridized carbons (Fsp3) is 0.278. The molecule has 3 rings (SSSR count). The fourth-order valence-corrected chi connectivity index (χ4v) is 2.79. The van der Waals surface area contributed by atoms with Crippen LogP contribution in [0, 0.1) is 6.92 Å². The van der Waals surface area contributed by atoms with E-state index in [-0.39, 0.29) is 5.41 Å². The summed E-state index contributed by atoms with van der Waals surface area (Å²) in [6.45, 7) is 7.12. The van der Waals surface area contributed by atoms with Crippen LogP contribution in [0.2, 0.25) is 5.02 Å². The highest BCUT2D eigenvalue weighted by molar-refractivity contribution is 6.36. The first-order valence-electron chi connectivity index (χ1n) is 7.33. The number of rotatable bonds is 4. The van der Waals surface area contributed by atoms with E-state index in [9.17, 15) is 0 Å². The first-order valence-corrected chi connectivity index (χ1v) is 7.71. The topological polar surface area (TPSA) is 38.1 Å². The van der Waals surface area contributed by atoms with E-state index in [1.54, 1.807) is 0 Å². The molecule has 3 aromatic rings. The lowest BCUT2D eigenvalue weighted by Crippen LogP contribution is -2.27. The largest absolute Gasteiger partial charge is 0.366 e. The molecule has 4 heteroatoms. The Morgan fingerprint density at radius 3 is 2.59 bits per heavy atom. The van der Waals surface area contributed by atoms with Crippen molar-refractivity contribution in [3.8, 4) is 0 Å². The van der Waals surface area contributed by atoms with Gasteiger partial charge in [-0.2, -0.15) is 0 Å².